The first-order chi connectivity index (χ1) is 14.1. The van der Waals surface area contributed by atoms with E-state index >= 15 is 0 Å². The number of sulfonamides is 1. The van der Waals surface area contributed by atoms with Gasteiger partial charge in [0.2, 0.25) is 10.0 Å². The van der Waals surface area contributed by atoms with Crippen LogP contribution in [-0.4, -0.2) is 56.1 Å². The molecule has 4 fully saturated rings. The van der Waals surface area contributed by atoms with Gasteiger partial charge in [0.15, 0.2) is 0 Å². The molecule has 2 aliphatic heterocycles. The van der Waals surface area contributed by atoms with Gasteiger partial charge in [-0.3, -0.25) is 0 Å². The number of ether oxygens (including phenoxy) is 1. The van der Waals surface area contributed by atoms with Gasteiger partial charge < -0.3 is 10.1 Å². The first kappa shape index (κ1) is 20.7. The van der Waals surface area contributed by atoms with Crippen LogP contribution in [0, 0.1) is 24.2 Å². The summed E-state index contributed by atoms with van der Waals surface area (Å²) in [6.07, 6.45) is -0.369. The van der Waals surface area contributed by atoms with Crippen LogP contribution in [0.4, 0.5) is 13.2 Å². The molecule has 1 aromatic rings. The van der Waals surface area contributed by atoms with E-state index in [1.165, 1.54) is 24.1 Å². The Hall–Kier alpha value is -1.23. The number of halogens is 3. The molecule has 166 valence electrons. The van der Waals surface area contributed by atoms with Crippen molar-refractivity contribution in [2.24, 2.45) is 17.3 Å². The minimum atomic E-state index is -4.59. The quantitative estimate of drug-likeness (QED) is 0.772. The summed E-state index contributed by atoms with van der Waals surface area (Å²) in [6.45, 7) is 3.93. The maximum atomic E-state index is 13.1. The lowest BCUT2D eigenvalue weighted by Crippen LogP contribution is -2.60. The van der Waals surface area contributed by atoms with Gasteiger partial charge in [-0.25, -0.2) is 13.4 Å². The second-order valence-corrected chi connectivity index (χ2v) is 11.5. The number of rotatable bonds is 4. The van der Waals surface area contributed by atoms with Crippen LogP contribution in [0.25, 0.3) is 0 Å². The fraction of sp³-hybridized carbons (Fsp3) is 0.750. The minimum absolute atomic E-state index is 0.111. The van der Waals surface area contributed by atoms with Crippen molar-refractivity contribution >= 4 is 10.0 Å². The van der Waals surface area contributed by atoms with Crippen molar-refractivity contribution in [3.05, 3.63) is 23.5 Å². The molecule has 1 unspecified atom stereocenters. The molecule has 1 aromatic heterocycles. The summed E-state index contributed by atoms with van der Waals surface area (Å²) in [4.78, 5) is 3.36. The standard InChI is InChI=1S/C20H26F3N3O3S/c1-12-17(2-3-18(24-12)20(21,22)23)30(27,28)26-8-13-4-15(5-14(13)9-26)25-16-6-19(7-16)10-29-11-19/h2-3,13-16,25H,4-11H2,1H3/t13-,14+,15?. The summed E-state index contributed by atoms with van der Waals surface area (Å²) in [6, 6.07) is 2.74. The molecule has 0 amide bonds. The van der Waals surface area contributed by atoms with Gasteiger partial charge >= 0.3 is 6.18 Å². The second kappa shape index (κ2) is 6.88. The Kier molecular flexibility index (Phi) is 4.74. The van der Waals surface area contributed by atoms with Crippen LogP contribution in [0.3, 0.4) is 0 Å². The molecule has 0 bridgehead atoms. The zero-order valence-electron chi connectivity index (χ0n) is 16.8. The Bertz CT molecular complexity index is 926. The second-order valence-electron chi connectivity index (χ2n) is 9.55. The number of pyridine rings is 1. The van der Waals surface area contributed by atoms with Crippen LogP contribution in [0.1, 0.15) is 37.1 Å². The van der Waals surface area contributed by atoms with Gasteiger partial charge in [0, 0.05) is 30.6 Å². The third kappa shape index (κ3) is 3.45. The summed E-state index contributed by atoms with van der Waals surface area (Å²) in [5, 5.41) is 3.74. The van der Waals surface area contributed by atoms with E-state index in [2.05, 4.69) is 10.3 Å². The van der Waals surface area contributed by atoms with Crippen molar-refractivity contribution in [1.29, 1.82) is 0 Å². The number of nitrogens with zero attached hydrogens (tertiary/aromatic N) is 2. The van der Waals surface area contributed by atoms with Gasteiger partial charge in [0.25, 0.3) is 0 Å². The minimum Gasteiger partial charge on any atom is -0.380 e. The van der Waals surface area contributed by atoms with Gasteiger partial charge in [-0.2, -0.15) is 17.5 Å². The SMILES string of the molecule is Cc1nc(C(F)(F)F)ccc1S(=O)(=O)N1C[C@H]2CC(NC3CC4(COC4)C3)C[C@H]2C1. The largest absolute Gasteiger partial charge is 0.433 e. The molecule has 10 heteroatoms. The van der Waals surface area contributed by atoms with Crippen molar-refractivity contribution in [2.75, 3.05) is 26.3 Å². The average molecular weight is 446 g/mol. The molecule has 30 heavy (non-hydrogen) atoms. The Balaban J connectivity index is 1.20. The highest BCUT2D eigenvalue weighted by Crippen LogP contribution is 2.48. The average Bonchev–Trinajstić information content (AvgIpc) is 3.13. The molecule has 3 atom stereocenters. The Morgan fingerprint density at radius 3 is 2.27 bits per heavy atom. The van der Waals surface area contributed by atoms with E-state index in [1.54, 1.807) is 0 Å². The molecule has 5 rings (SSSR count). The number of nitrogens with one attached hydrogen (secondary N) is 1. The summed E-state index contributed by atoms with van der Waals surface area (Å²) in [5.41, 5.74) is -0.761. The van der Waals surface area contributed by atoms with Crippen LogP contribution >= 0.6 is 0 Å². The first-order valence-electron chi connectivity index (χ1n) is 10.4. The van der Waals surface area contributed by atoms with Gasteiger partial charge in [0.1, 0.15) is 10.6 Å². The highest BCUT2D eigenvalue weighted by molar-refractivity contribution is 7.89. The molecular formula is C20H26F3N3O3S. The maximum Gasteiger partial charge on any atom is 0.433 e. The lowest BCUT2D eigenvalue weighted by atomic mass is 9.64. The van der Waals surface area contributed by atoms with E-state index in [0.29, 0.717) is 42.4 Å². The number of aryl methyl sites for hydroxylation is 1. The molecule has 1 N–H and O–H groups in total. The van der Waals surface area contributed by atoms with Crippen molar-refractivity contribution in [2.45, 2.75) is 55.8 Å². The molecule has 1 spiro atoms. The van der Waals surface area contributed by atoms with Crippen LogP contribution in [0.2, 0.25) is 0 Å². The Labute approximate surface area is 174 Å². The summed E-state index contributed by atoms with van der Waals surface area (Å²) in [7, 11) is -3.85. The summed E-state index contributed by atoms with van der Waals surface area (Å²) >= 11 is 0. The highest BCUT2D eigenvalue weighted by Gasteiger charge is 2.51. The molecule has 4 aliphatic rings. The van der Waals surface area contributed by atoms with Gasteiger partial charge in [-0.05, 0) is 56.6 Å². The number of hydrogen-bond acceptors (Lipinski definition) is 5. The lowest BCUT2D eigenvalue weighted by molar-refractivity contribution is -0.168. The molecule has 2 saturated carbocycles. The fourth-order valence-electron chi connectivity index (χ4n) is 5.77. The normalized spacial score (nSPS) is 31.5. The van der Waals surface area contributed by atoms with E-state index in [9.17, 15) is 21.6 Å². The first-order valence-corrected chi connectivity index (χ1v) is 11.9. The number of hydrogen-bond donors (Lipinski definition) is 1. The number of fused-ring (bicyclic) bond motifs is 1. The van der Waals surface area contributed by atoms with Crippen LogP contribution < -0.4 is 5.32 Å². The molecule has 6 nitrogen and oxygen atoms in total. The Morgan fingerprint density at radius 1 is 1.13 bits per heavy atom. The lowest BCUT2D eigenvalue weighted by Gasteiger charge is -2.54. The van der Waals surface area contributed by atoms with Crippen molar-refractivity contribution in [3.8, 4) is 0 Å². The molecule has 2 saturated heterocycles. The van der Waals surface area contributed by atoms with Gasteiger partial charge in [-0.1, -0.05) is 0 Å². The molecule has 3 heterocycles. The zero-order valence-corrected chi connectivity index (χ0v) is 17.6. The van der Waals surface area contributed by atoms with Crippen molar-refractivity contribution < 1.29 is 26.3 Å². The van der Waals surface area contributed by atoms with Crippen LogP contribution in [-0.2, 0) is 20.9 Å². The predicted molar refractivity (Wildman–Crippen MR) is 102 cm³/mol. The third-order valence-corrected chi connectivity index (χ3v) is 9.28. The summed E-state index contributed by atoms with van der Waals surface area (Å²) in [5.74, 6) is 0.585. The van der Waals surface area contributed by atoms with Crippen molar-refractivity contribution in [3.63, 3.8) is 0 Å². The molecular weight excluding hydrogens is 419 g/mol. The van der Waals surface area contributed by atoms with E-state index in [1.807, 2.05) is 0 Å². The van der Waals surface area contributed by atoms with E-state index in [-0.39, 0.29) is 10.6 Å². The number of alkyl halides is 3. The zero-order chi connectivity index (χ0) is 21.3. The fourth-order valence-corrected chi connectivity index (χ4v) is 7.48. The van der Waals surface area contributed by atoms with Gasteiger partial charge in [-0.15, -0.1) is 0 Å². The maximum absolute atomic E-state index is 13.1. The van der Waals surface area contributed by atoms with E-state index in [4.69, 9.17) is 4.74 Å². The topological polar surface area (TPSA) is 71.5 Å². The van der Waals surface area contributed by atoms with Crippen LogP contribution in [0.15, 0.2) is 17.0 Å². The third-order valence-electron chi connectivity index (χ3n) is 7.31. The molecule has 0 aromatic carbocycles. The van der Waals surface area contributed by atoms with E-state index < -0.39 is 21.9 Å². The number of aromatic nitrogens is 1. The highest BCUT2D eigenvalue weighted by atomic mass is 32.2. The molecule has 0 radical (unpaired) electrons. The van der Waals surface area contributed by atoms with Crippen LogP contribution in [0.5, 0.6) is 0 Å². The smallest absolute Gasteiger partial charge is 0.380 e. The predicted octanol–water partition coefficient (Wildman–Crippen LogP) is 2.58. The van der Waals surface area contributed by atoms with E-state index in [0.717, 1.165) is 38.2 Å². The molecule has 2 aliphatic carbocycles. The van der Waals surface area contributed by atoms with Crippen molar-refractivity contribution in [1.82, 2.24) is 14.6 Å². The summed E-state index contributed by atoms with van der Waals surface area (Å²) < 4.78 is 71.4. The Morgan fingerprint density at radius 2 is 1.77 bits per heavy atom. The monoisotopic (exact) mass is 445 g/mol. The van der Waals surface area contributed by atoms with Gasteiger partial charge in [0.05, 0.1) is 18.9 Å².